The lowest BCUT2D eigenvalue weighted by atomic mass is 9.96. The predicted octanol–water partition coefficient (Wildman–Crippen LogP) is -0.123. The fourth-order valence-corrected chi connectivity index (χ4v) is 4.01. The number of aromatic nitrogens is 1. The Kier molecular flexibility index (Phi) is 9.67. The highest BCUT2D eigenvalue weighted by Gasteiger charge is 2.32. The molecule has 2 amide bonds. The van der Waals surface area contributed by atoms with E-state index in [-0.39, 0.29) is 43.4 Å². The summed E-state index contributed by atoms with van der Waals surface area (Å²) in [6, 6.07) is 5.18. The zero-order chi connectivity index (χ0) is 21.9. The molecule has 2 saturated heterocycles. The SMILES string of the molecule is O=C(C[C@@H]1CC[C@@H](NC(=O)Cc2ccccn2)[C@H](CO)O1)NCCCN1CCOCC1. The molecule has 9 nitrogen and oxygen atoms in total. The molecule has 9 heteroatoms. The van der Waals surface area contributed by atoms with Gasteiger partial charge in [0.05, 0.1) is 44.8 Å². The van der Waals surface area contributed by atoms with Gasteiger partial charge in [0.15, 0.2) is 0 Å². The molecule has 0 saturated carbocycles. The average molecular weight is 435 g/mol. The maximum atomic E-state index is 12.3. The summed E-state index contributed by atoms with van der Waals surface area (Å²) in [5, 5.41) is 15.6. The fourth-order valence-electron chi connectivity index (χ4n) is 4.01. The molecule has 2 aliphatic rings. The van der Waals surface area contributed by atoms with Crippen LogP contribution in [0.1, 0.15) is 31.4 Å². The van der Waals surface area contributed by atoms with Gasteiger partial charge in [-0.3, -0.25) is 19.5 Å². The molecule has 2 aliphatic heterocycles. The Labute approximate surface area is 183 Å². The Morgan fingerprint density at radius 2 is 2.03 bits per heavy atom. The van der Waals surface area contributed by atoms with Crippen LogP contribution in [0.5, 0.6) is 0 Å². The first-order valence-corrected chi connectivity index (χ1v) is 11.2. The third-order valence-corrected chi connectivity index (χ3v) is 5.70. The Hall–Kier alpha value is -2.07. The molecule has 1 aromatic heterocycles. The van der Waals surface area contributed by atoms with Crippen molar-refractivity contribution in [3.8, 4) is 0 Å². The van der Waals surface area contributed by atoms with Crippen LogP contribution in [0.3, 0.4) is 0 Å². The van der Waals surface area contributed by atoms with Crippen LogP contribution < -0.4 is 10.6 Å². The van der Waals surface area contributed by atoms with Gasteiger partial charge in [0.2, 0.25) is 11.8 Å². The number of hydrogen-bond donors (Lipinski definition) is 3. The van der Waals surface area contributed by atoms with E-state index in [4.69, 9.17) is 9.47 Å². The van der Waals surface area contributed by atoms with Crippen LogP contribution in [0.15, 0.2) is 24.4 Å². The third-order valence-electron chi connectivity index (χ3n) is 5.70. The molecular weight excluding hydrogens is 400 g/mol. The zero-order valence-corrected chi connectivity index (χ0v) is 18.0. The second-order valence-electron chi connectivity index (χ2n) is 8.09. The summed E-state index contributed by atoms with van der Waals surface area (Å²) in [6.45, 7) is 4.85. The number of ether oxygens (including phenoxy) is 2. The van der Waals surface area contributed by atoms with Crippen LogP contribution in [-0.4, -0.2) is 91.1 Å². The average Bonchev–Trinajstić information content (AvgIpc) is 2.79. The minimum Gasteiger partial charge on any atom is -0.394 e. The van der Waals surface area contributed by atoms with Crippen molar-refractivity contribution in [2.45, 2.75) is 50.4 Å². The van der Waals surface area contributed by atoms with Crippen molar-refractivity contribution in [1.29, 1.82) is 0 Å². The molecule has 0 spiro atoms. The molecule has 0 bridgehead atoms. The predicted molar refractivity (Wildman–Crippen MR) is 114 cm³/mol. The van der Waals surface area contributed by atoms with Crippen molar-refractivity contribution in [3.05, 3.63) is 30.1 Å². The molecule has 0 aromatic carbocycles. The molecule has 1 aromatic rings. The number of morpholine rings is 1. The minimum atomic E-state index is -0.513. The normalized spacial score (nSPS) is 24.5. The van der Waals surface area contributed by atoms with E-state index in [9.17, 15) is 14.7 Å². The zero-order valence-electron chi connectivity index (χ0n) is 18.0. The highest BCUT2D eigenvalue weighted by atomic mass is 16.5. The number of carbonyl (C=O) groups excluding carboxylic acids is 2. The molecule has 31 heavy (non-hydrogen) atoms. The van der Waals surface area contributed by atoms with Gasteiger partial charge in [-0.1, -0.05) is 6.07 Å². The highest BCUT2D eigenvalue weighted by Crippen LogP contribution is 2.22. The molecule has 3 N–H and O–H groups in total. The van der Waals surface area contributed by atoms with Crippen molar-refractivity contribution in [1.82, 2.24) is 20.5 Å². The van der Waals surface area contributed by atoms with Crippen LogP contribution in [0, 0.1) is 0 Å². The molecule has 2 fully saturated rings. The Morgan fingerprint density at radius 1 is 1.19 bits per heavy atom. The number of rotatable bonds is 10. The smallest absolute Gasteiger partial charge is 0.226 e. The van der Waals surface area contributed by atoms with Gasteiger partial charge in [0.1, 0.15) is 6.10 Å². The summed E-state index contributed by atoms with van der Waals surface area (Å²) < 4.78 is 11.2. The first-order chi connectivity index (χ1) is 15.1. The lowest BCUT2D eigenvalue weighted by molar-refractivity contribution is -0.135. The van der Waals surface area contributed by atoms with E-state index in [1.54, 1.807) is 18.3 Å². The Morgan fingerprint density at radius 3 is 2.77 bits per heavy atom. The van der Waals surface area contributed by atoms with Crippen LogP contribution in [0.4, 0.5) is 0 Å². The molecule has 0 unspecified atom stereocenters. The van der Waals surface area contributed by atoms with Gasteiger partial charge in [-0.25, -0.2) is 0 Å². The quantitative estimate of drug-likeness (QED) is 0.440. The maximum Gasteiger partial charge on any atom is 0.226 e. The lowest BCUT2D eigenvalue weighted by Gasteiger charge is -2.36. The summed E-state index contributed by atoms with van der Waals surface area (Å²) in [7, 11) is 0. The van der Waals surface area contributed by atoms with Gasteiger partial charge >= 0.3 is 0 Å². The lowest BCUT2D eigenvalue weighted by Crippen LogP contribution is -2.51. The molecule has 172 valence electrons. The second-order valence-corrected chi connectivity index (χ2v) is 8.09. The number of carbonyl (C=O) groups is 2. The number of amides is 2. The number of pyridine rings is 1. The van der Waals surface area contributed by atoms with E-state index in [1.807, 2.05) is 6.07 Å². The van der Waals surface area contributed by atoms with Crippen LogP contribution >= 0.6 is 0 Å². The van der Waals surface area contributed by atoms with Gasteiger partial charge < -0.3 is 25.2 Å². The van der Waals surface area contributed by atoms with Gasteiger partial charge in [0.25, 0.3) is 0 Å². The number of nitrogens with one attached hydrogen (secondary N) is 2. The number of hydrogen-bond acceptors (Lipinski definition) is 7. The Balaban J connectivity index is 1.33. The summed E-state index contributed by atoms with van der Waals surface area (Å²) >= 11 is 0. The van der Waals surface area contributed by atoms with E-state index in [0.717, 1.165) is 39.3 Å². The van der Waals surface area contributed by atoms with E-state index in [2.05, 4.69) is 20.5 Å². The molecule has 3 heterocycles. The number of nitrogens with zero attached hydrogens (tertiary/aromatic N) is 2. The fraction of sp³-hybridized carbons (Fsp3) is 0.682. The van der Waals surface area contributed by atoms with Crippen LogP contribution in [-0.2, 0) is 25.5 Å². The molecule has 0 radical (unpaired) electrons. The van der Waals surface area contributed by atoms with Crippen molar-refractivity contribution in [2.24, 2.45) is 0 Å². The first-order valence-electron chi connectivity index (χ1n) is 11.2. The maximum absolute atomic E-state index is 12.3. The first kappa shape index (κ1) is 23.6. The second kappa shape index (κ2) is 12.7. The number of aliphatic hydroxyl groups excluding tert-OH is 1. The minimum absolute atomic E-state index is 0.0405. The number of aliphatic hydroxyl groups is 1. The van der Waals surface area contributed by atoms with Crippen molar-refractivity contribution < 1.29 is 24.2 Å². The van der Waals surface area contributed by atoms with Crippen molar-refractivity contribution in [2.75, 3.05) is 46.0 Å². The Bertz CT molecular complexity index is 684. The van der Waals surface area contributed by atoms with Crippen LogP contribution in [0.2, 0.25) is 0 Å². The van der Waals surface area contributed by atoms with Gasteiger partial charge in [0, 0.05) is 31.5 Å². The largest absolute Gasteiger partial charge is 0.394 e. The highest BCUT2D eigenvalue weighted by molar-refractivity contribution is 5.78. The van der Waals surface area contributed by atoms with Crippen LogP contribution in [0.25, 0.3) is 0 Å². The van der Waals surface area contributed by atoms with E-state index in [1.165, 1.54) is 0 Å². The summed E-state index contributed by atoms with van der Waals surface area (Å²) in [5.74, 6) is -0.191. The van der Waals surface area contributed by atoms with E-state index in [0.29, 0.717) is 25.1 Å². The molecular formula is C22H34N4O5. The summed E-state index contributed by atoms with van der Waals surface area (Å²) in [6.07, 6.45) is 3.57. The van der Waals surface area contributed by atoms with Crippen molar-refractivity contribution in [3.63, 3.8) is 0 Å². The summed E-state index contributed by atoms with van der Waals surface area (Å²) in [4.78, 5) is 31.1. The summed E-state index contributed by atoms with van der Waals surface area (Å²) in [5.41, 5.74) is 0.695. The monoisotopic (exact) mass is 434 g/mol. The van der Waals surface area contributed by atoms with Gasteiger partial charge in [-0.2, -0.15) is 0 Å². The molecule has 3 atom stereocenters. The molecule has 3 rings (SSSR count). The van der Waals surface area contributed by atoms with Gasteiger partial charge in [-0.05, 0) is 37.9 Å². The van der Waals surface area contributed by atoms with E-state index < -0.39 is 6.10 Å². The van der Waals surface area contributed by atoms with E-state index >= 15 is 0 Å². The van der Waals surface area contributed by atoms with Gasteiger partial charge in [-0.15, -0.1) is 0 Å². The third kappa shape index (κ3) is 8.17. The molecule has 0 aliphatic carbocycles. The standard InChI is InChI=1S/C22H34N4O5/c27-16-20-19(25-22(29)14-17-4-1-2-7-23-17)6-5-18(31-20)15-21(28)24-8-3-9-26-10-12-30-13-11-26/h1-2,4,7,18-20,27H,3,5-6,8-16H2,(H,24,28)(H,25,29)/t18-,19+,20-/m0/s1. The topological polar surface area (TPSA) is 113 Å². The van der Waals surface area contributed by atoms with Crippen molar-refractivity contribution >= 4 is 11.8 Å².